The Morgan fingerprint density at radius 3 is 2.67 bits per heavy atom. The Morgan fingerprint density at radius 2 is 2.00 bits per heavy atom. The van der Waals surface area contributed by atoms with Crippen molar-refractivity contribution < 1.29 is 4.79 Å². The van der Waals surface area contributed by atoms with Gasteiger partial charge in [0.05, 0.1) is 0 Å². The summed E-state index contributed by atoms with van der Waals surface area (Å²) in [6, 6.07) is 10.7. The molecule has 0 spiro atoms. The highest BCUT2D eigenvalue weighted by Crippen LogP contribution is 2.17. The number of hydrogen-bond donors (Lipinski definition) is 1. The molecule has 0 aliphatic carbocycles. The number of rotatable bonds is 2. The highest BCUT2D eigenvalue weighted by molar-refractivity contribution is 5.79. The molecule has 2 atom stereocenters. The first-order chi connectivity index (χ1) is 7.25. The topological polar surface area (TPSA) is 29.1 Å². The van der Waals surface area contributed by atoms with Crippen LogP contribution in [0.1, 0.15) is 25.3 Å². The molecular weight excluding hydrogens is 186 g/mol. The van der Waals surface area contributed by atoms with Crippen LogP contribution in [0.25, 0.3) is 0 Å². The molecule has 80 valence electrons. The molecule has 1 fully saturated rings. The number of amides is 1. The van der Waals surface area contributed by atoms with Gasteiger partial charge in [-0.05, 0) is 24.8 Å². The van der Waals surface area contributed by atoms with Crippen molar-refractivity contribution in [3.63, 3.8) is 0 Å². The SMILES string of the molecule is C[C@@H]1CC[C@H](Cc2ccccc2)NC1=O. The molecule has 1 aliphatic heterocycles. The van der Waals surface area contributed by atoms with Crippen molar-refractivity contribution in [3.05, 3.63) is 35.9 Å². The molecule has 1 aromatic carbocycles. The lowest BCUT2D eigenvalue weighted by Gasteiger charge is -2.27. The molecule has 0 saturated carbocycles. The van der Waals surface area contributed by atoms with E-state index < -0.39 is 0 Å². The van der Waals surface area contributed by atoms with Crippen molar-refractivity contribution in [3.8, 4) is 0 Å². The zero-order valence-corrected chi connectivity index (χ0v) is 9.07. The summed E-state index contributed by atoms with van der Waals surface area (Å²) in [4.78, 5) is 11.5. The second kappa shape index (κ2) is 4.47. The van der Waals surface area contributed by atoms with Crippen LogP contribution in [0.2, 0.25) is 0 Å². The van der Waals surface area contributed by atoms with Crippen LogP contribution in [-0.2, 0) is 11.2 Å². The summed E-state index contributed by atoms with van der Waals surface area (Å²) in [5.74, 6) is 0.402. The zero-order chi connectivity index (χ0) is 10.7. The molecule has 1 saturated heterocycles. The predicted molar refractivity (Wildman–Crippen MR) is 60.5 cm³/mol. The second-order valence-electron chi connectivity index (χ2n) is 4.37. The van der Waals surface area contributed by atoms with Gasteiger partial charge in [0.2, 0.25) is 5.91 Å². The van der Waals surface area contributed by atoms with E-state index in [-0.39, 0.29) is 11.8 Å². The molecule has 1 N–H and O–H groups in total. The van der Waals surface area contributed by atoms with Gasteiger partial charge in [0, 0.05) is 12.0 Å². The molecule has 15 heavy (non-hydrogen) atoms. The van der Waals surface area contributed by atoms with E-state index in [0.717, 1.165) is 19.3 Å². The van der Waals surface area contributed by atoms with Gasteiger partial charge in [0.25, 0.3) is 0 Å². The summed E-state index contributed by atoms with van der Waals surface area (Å²) in [5, 5.41) is 3.08. The first kappa shape index (κ1) is 10.2. The molecule has 1 amide bonds. The van der Waals surface area contributed by atoms with Crippen LogP contribution in [0.15, 0.2) is 30.3 Å². The van der Waals surface area contributed by atoms with Gasteiger partial charge in [-0.1, -0.05) is 37.3 Å². The van der Waals surface area contributed by atoms with Crippen LogP contribution in [0, 0.1) is 5.92 Å². The monoisotopic (exact) mass is 203 g/mol. The fourth-order valence-electron chi connectivity index (χ4n) is 2.05. The van der Waals surface area contributed by atoms with E-state index in [1.807, 2.05) is 25.1 Å². The molecule has 0 radical (unpaired) electrons. The minimum Gasteiger partial charge on any atom is -0.353 e. The van der Waals surface area contributed by atoms with Crippen molar-refractivity contribution >= 4 is 5.91 Å². The van der Waals surface area contributed by atoms with Gasteiger partial charge in [0.1, 0.15) is 0 Å². The number of nitrogens with one attached hydrogen (secondary N) is 1. The number of piperidine rings is 1. The van der Waals surface area contributed by atoms with Crippen LogP contribution in [0.5, 0.6) is 0 Å². The smallest absolute Gasteiger partial charge is 0.223 e. The third kappa shape index (κ3) is 2.58. The van der Waals surface area contributed by atoms with E-state index >= 15 is 0 Å². The number of carbonyl (C=O) groups excluding carboxylic acids is 1. The van der Waals surface area contributed by atoms with Crippen molar-refractivity contribution in [2.24, 2.45) is 5.92 Å². The van der Waals surface area contributed by atoms with Crippen LogP contribution in [0.4, 0.5) is 0 Å². The number of benzene rings is 1. The Labute approximate surface area is 90.7 Å². The summed E-state index contributed by atoms with van der Waals surface area (Å²) in [5.41, 5.74) is 1.30. The van der Waals surface area contributed by atoms with E-state index in [0.29, 0.717) is 6.04 Å². The normalized spacial score (nSPS) is 26.1. The largest absolute Gasteiger partial charge is 0.353 e. The van der Waals surface area contributed by atoms with Crippen LogP contribution < -0.4 is 5.32 Å². The maximum Gasteiger partial charge on any atom is 0.223 e. The molecule has 2 rings (SSSR count). The molecule has 1 heterocycles. The lowest BCUT2D eigenvalue weighted by atomic mass is 9.92. The van der Waals surface area contributed by atoms with Crippen molar-refractivity contribution in [1.82, 2.24) is 5.32 Å². The molecule has 2 heteroatoms. The molecule has 1 aliphatic rings. The number of hydrogen-bond acceptors (Lipinski definition) is 1. The van der Waals surface area contributed by atoms with Gasteiger partial charge in [-0.3, -0.25) is 4.79 Å². The summed E-state index contributed by atoms with van der Waals surface area (Å²) in [6.45, 7) is 1.99. The molecule has 0 aromatic heterocycles. The van der Waals surface area contributed by atoms with Gasteiger partial charge >= 0.3 is 0 Å². The lowest BCUT2D eigenvalue weighted by molar-refractivity contribution is -0.127. The summed E-state index contributed by atoms with van der Waals surface area (Å²) in [6.07, 6.45) is 3.07. The fourth-order valence-corrected chi connectivity index (χ4v) is 2.05. The Balaban J connectivity index is 1.94. The summed E-state index contributed by atoms with van der Waals surface area (Å²) >= 11 is 0. The highest BCUT2D eigenvalue weighted by atomic mass is 16.2. The molecule has 0 unspecified atom stereocenters. The highest BCUT2D eigenvalue weighted by Gasteiger charge is 2.24. The minimum absolute atomic E-state index is 0.192. The zero-order valence-electron chi connectivity index (χ0n) is 9.07. The Morgan fingerprint density at radius 1 is 1.27 bits per heavy atom. The first-order valence-corrected chi connectivity index (χ1v) is 5.60. The summed E-state index contributed by atoms with van der Waals surface area (Å²) < 4.78 is 0. The Hall–Kier alpha value is -1.31. The van der Waals surface area contributed by atoms with Gasteiger partial charge in [-0.25, -0.2) is 0 Å². The third-order valence-electron chi connectivity index (χ3n) is 3.07. The third-order valence-corrected chi connectivity index (χ3v) is 3.07. The maximum atomic E-state index is 11.5. The van der Waals surface area contributed by atoms with Gasteiger partial charge in [0.15, 0.2) is 0 Å². The van der Waals surface area contributed by atoms with Crippen molar-refractivity contribution in [1.29, 1.82) is 0 Å². The average Bonchev–Trinajstić information content (AvgIpc) is 2.25. The van der Waals surface area contributed by atoms with E-state index in [1.165, 1.54) is 5.56 Å². The van der Waals surface area contributed by atoms with Gasteiger partial charge in [-0.15, -0.1) is 0 Å². The first-order valence-electron chi connectivity index (χ1n) is 5.60. The molecular formula is C13H17NO. The van der Waals surface area contributed by atoms with Crippen molar-refractivity contribution in [2.75, 3.05) is 0 Å². The average molecular weight is 203 g/mol. The standard InChI is InChI=1S/C13H17NO/c1-10-7-8-12(14-13(10)15)9-11-5-3-2-4-6-11/h2-6,10,12H,7-9H2,1H3,(H,14,15)/t10-,12-/m1/s1. The van der Waals surface area contributed by atoms with Crippen LogP contribution in [-0.4, -0.2) is 11.9 Å². The van der Waals surface area contributed by atoms with Crippen molar-refractivity contribution in [2.45, 2.75) is 32.2 Å². The van der Waals surface area contributed by atoms with Gasteiger partial charge < -0.3 is 5.32 Å². The van der Waals surface area contributed by atoms with Crippen LogP contribution in [0.3, 0.4) is 0 Å². The number of carbonyl (C=O) groups is 1. The van der Waals surface area contributed by atoms with Crippen LogP contribution >= 0.6 is 0 Å². The molecule has 2 nitrogen and oxygen atoms in total. The van der Waals surface area contributed by atoms with E-state index in [1.54, 1.807) is 0 Å². The van der Waals surface area contributed by atoms with Gasteiger partial charge in [-0.2, -0.15) is 0 Å². The minimum atomic E-state index is 0.192. The Bertz CT molecular complexity index is 334. The maximum absolute atomic E-state index is 11.5. The second-order valence-corrected chi connectivity index (χ2v) is 4.37. The summed E-state index contributed by atoms with van der Waals surface area (Å²) in [7, 11) is 0. The quantitative estimate of drug-likeness (QED) is 0.784. The fraction of sp³-hybridized carbons (Fsp3) is 0.462. The Kier molecular flexibility index (Phi) is 3.05. The van der Waals surface area contributed by atoms with E-state index in [4.69, 9.17) is 0 Å². The predicted octanol–water partition coefficient (Wildman–Crippen LogP) is 2.14. The van der Waals surface area contributed by atoms with E-state index in [9.17, 15) is 4.79 Å². The van der Waals surface area contributed by atoms with E-state index in [2.05, 4.69) is 17.4 Å². The molecule has 1 aromatic rings. The lowest BCUT2D eigenvalue weighted by Crippen LogP contribution is -2.44. The molecule has 0 bridgehead atoms.